The van der Waals surface area contributed by atoms with Crippen LogP contribution >= 0.6 is 0 Å². The maximum Gasteiger partial charge on any atom is 0.573 e. The topological polar surface area (TPSA) is 93.2 Å². The lowest BCUT2D eigenvalue weighted by Gasteiger charge is -2.35. The van der Waals surface area contributed by atoms with Crippen LogP contribution in [0.2, 0.25) is 0 Å². The van der Waals surface area contributed by atoms with E-state index in [-0.39, 0.29) is 55.9 Å². The van der Waals surface area contributed by atoms with Gasteiger partial charge in [-0.05, 0) is 45.7 Å². The summed E-state index contributed by atoms with van der Waals surface area (Å²) in [6, 6.07) is 3.95. The van der Waals surface area contributed by atoms with Crippen LogP contribution < -0.4 is 4.74 Å². The Kier molecular flexibility index (Phi) is 8.52. The molecule has 12 heteroatoms. The molecule has 0 N–H and O–H groups in total. The molecule has 0 spiro atoms. The summed E-state index contributed by atoms with van der Waals surface area (Å²) < 4.78 is 72.9. The van der Waals surface area contributed by atoms with Crippen molar-refractivity contribution in [2.24, 2.45) is 5.92 Å². The number of alkyl halides is 3. The van der Waals surface area contributed by atoms with E-state index in [4.69, 9.17) is 4.74 Å². The van der Waals surface area contributed by atoms with Crippen molar-refractivity contribution in [2.75, 3.05) is 26.2 Å². The quantitative estimate of drug-likeness (QED) is 0.532. The highest BCUT2D eigenvalue weighted by Gasteiger charge is 2.36. The van der Waals surface area contributed by atoms with Crippen LogP contribution in [0, 0.1) is 5.92 Å². The van der Waals surface area contributed by atoms with Gasteiger partial charge in [0, 0.05) is 31.1 Å². The number of esters is 1. The van der Waals surface area contributed by atoms with Gasteiger partial charge in [-0.2, -0.15) is 4.31 Å². The third-order valence-electron chi connectivity index (χ3n) is 4.99. The molecular weight excluding hydrogens is 453 g/mol. The monoisotopic (exact) mass is 480 g/mol. The molecule has 0 aliphatic carbocycles. The number of amides is 1. The van der Waals surface area contributed by atoms with Crippen molar-refractivity contribution in [2.45, 2.75) is 50.9 Å². The van der Waals surface area contributed by atoms with Crippen molar-refractivity contribution in [3.8, 4) is 5.75 Å². The molecule has 8 nitrogen and oxygen atoms in total. The van der Waals surface area contributed by atoms with Crippen LogP contribution in [0.15, 0.2) is 29.2 Å². The third kappa shape index (κ3) is 6.83. The molecule has 0 aromatic heterocycles. The lowest BCUT2D eigenvalue weighted by molar-refractivity contribution is -0.274. The number of carbonyl (C=O) groups excluding carboxylic acids is 2. The molecule has 1 aliphatic rings. The molecule has 1 aliphatic heterocycles. The number of sulfonamides is 1. The van der Waals surface area contributed by atoms with Crippen molar-refractivity contribution >= 4 is 21.9 Å². The Labute approximate surface area is 185 Å². The molecule has 0 radical (unpaired) electrons. The second kappa shape index (κ2) is 10.5. The maximum atomic E-state index is 12.9. The SMILES string of the molecule is CCOC(=O)CN(C(=O)C1CCN(S(=O)(=O)c2cccc(OC(F)(F)F)c2)CC1)C(C)C. The summed E-state index contributed by atoms with van der Waals surface area (Å²) in [5.74, 6) is -1.88. The number of ether oxygens (including phenoxy) is 2. The van der Waals surface area contributed by atoms with E-state index in [1.807, 2.05) is 0 Å². The Bertz CT molecular complexity index is 912. The highest BCUT2D eigenvalue weighted by atomic mass is 32.2. The first-order valence-electron chi connectivity index (χ1n) is 10.2. The highest BCUT2D eigenvalue weighted by Crippen LogP contribution is 2.29. The molecule has 32 heavy (non-hydrogen) atoms. The van der Waals surface area contributed by atoms with Crippen molar-refractivity contribution in [3.63, 3.8) is 0 Å². The molecule has 1 fully saturated rings. The fourth-order valence-corrected chi connectivity index (χ4v) is 4.92. The largest absolute Gasteiger partial charge is 0.573 e. The van der Waals surface area contributed by atoms with E-state index in [1.165, 1.54) is 17.0 Å². The summed E-state index contributed by atoms with van der Waals surface area (Å²) in [5.41, 5.74) is 0. The molecule has 0 unspecified atom stereocenters. The van der Waals surface area contributed by atoms with Crippen LogP contribution in [0.5, 0.6) is 5.75 Å². The lowest BCUT2D eigenvalue weighted by Crippen LogP contribution is -2.48. The first-order valence-corrected chi connectivity index (χ1v) is 11.6. The van der Waals surface area contributed by atoms with Crippen molar-refractivity contribution in [1.82, 2.24) is 9.21 Å². The van der Waals surface area contributed by atoms with Gasteiger partial charge < -0.3 is 14.4 Å². The van der Waals surface area contributed by atoms with Crippen LogP contribution in [0.4, 0.5) is 13.2 Å². The van der Waals surface area contributed by atoms with Gasteiger partial charge in [0.15, 0.2) is 0 Å². The number of carbonyl (C=O) groups is 2. The van der Waals surface area contributed by atoms with Crippen LogP contribution in [0.3, 0.4) is 0 Å². The number of halogens is 3. The standard InChI is InChI=1S/C20H27F3N2O6S/c1-4-30-18(26)13-25(14(2)3)19(27)15-8-10-24(11-9-15)32(28,29)17-7-5-6-16(12-17)31-20(21,22)23/h5-7,12,14-15H,4,8-11,13H2,1-3H3. The van der Waals surface area contributed by atoms with E-state index in [1.54, 1.807) is 20.8 Å². The fourth-order valence-electron chi connectivity index (χ4n) is 3.42. The van der Waals surface area contributed by atoms with Crippen LogP contribution in [0.25, 0.3) is 0 Å². The van der Waals surface area contributed by atoms with Crippen molar-refractivity contribution in [3.05, 3.63) is 24.3 Å². The number of piperidine rings is 1. The van der Waals surface area contributed by atoms with Gasteiger partial charge in [-0.3, -0.25) is 9.59 Å². The predicted octanol–water partition coefficient (Wildman–Crippen LogP) is 2.79. The minimum atomic E-state index is -4.94. The Balaban J connectivity index is 2.07. The highest BCUT2D eigenvalue weighted by molar-refractivity contribution is 7.89. The number of nitrogens with zero attached hydrogens (tertiary/aromatic N) is 2. The van der Waals surface area contributed by atoms with Crippen molar-refractivity contribution < 1.29 is 40.7 Å². The second-order valence-corrected chi connectivity index (χ2v) is 9.50. The summed E-state index contributed by atoms with van der Waals surface area (Å²) in [5, 5.41) is 0. The number of hydrogen-bond donors (Lipinski definition) is 0. The molecule has 2 rings (SSSR count). The Morgan fingerprint density at radius 2 is 1.84 bits per heavy atom. The third-order valence-corrected chi connectivity index (χ3v) is 6.89. The molecule has 1 heterocycles. The van der Waals surface area contributed by atoms with Gasteiger partial charge in [0.05, 0.1) is 11.5 Å². The van der Waals surface area contributed by atoms with E-state index >= 15 is 0 Å². The average Bonchev–Trinajstić information content (AvgIpc) is 2.70. The van der Waals surface area contributed by atoms with Gasteiger partial charge in [0.25, 0.3) is 0 Å². The molecule has 1 saturated heterocycles. The fraction of sp³-hybridized carbons (Fsp3) is 0.600. The maximum absolute atomic E-state index is 12.9. The minimum absolute atomic E-state index is 0.0223. The first kappa shape index (κ1) is 25.9. The molecule has 1 aromatic rings. The van der Waals surface area contributed by atoms with E-state index in [0.29, 0.717) is 0 Å². The van der Waals surface area contributed by atoms with Crippen LogP contribution in [0.1, 0.15) is 33.6 Å². The normalized spacial score (nSPS) is 16.1. The summed E-state index contributed by atoms with van der Waals surface area (Å²) >= 11 is 0. The number of rotatable bonds is 8. The summed E-state index contributed by atoms with van der Waals surface area (Å²) in [6.45, 7) is 5.27. The van der Waals surface area contributed by atoms with E-state index in [2.05, 4.69) is 4.74 Å². The summed E-state index contributed by atoms with van der Waals surface area (Å²) in [6.07, 6.45) is -4.49. The Hall–Kier alpha value is -2.34. The van der Waals surface area contributed by atoms with E-state index in [9.17, 15) is 31.2 Å². The molecule has 0 atom stereocenters. The zero-order chi connectivity index (χ0) is 24.1. The first-order chi connectivity index (χ1) is 14.8. The number of benzene rings is 1. The molecular formula is C20H27F3N2O6S. The zero-order valence-corrected chi connectivity index (χ0v) is 18.9. The van der Waals surface area contributed by atoms with Crippen molar-refractivity contribution in [1.29, 1.82) is 0 Å². The van der Waals surface area contributed by atoms with Gasteiger partial charge in [-0.15, -0.1) is 13.2 Å². The predicted molar refractivity (Wildman–Crippen MR) is 108 cm³/mol. The van der Waals surface area contributed by atoms with Gasteiger partial charge in [0.1, 0.15) is 12.3 Å². The Morgan fingerprint density at radius 3 is 2.38 bits per heavy atom. The average molecular weight is 481 g/mol. The van der Waals surface area contributed by atoms with Gasteiger partial charge >= 0.3 is 12.3 Å². The second-order valence-electron chi connectivity index (χ2n) is 7.57. The summed E-state index contributed by atoms with van der Waals surface area (Å²) in [7, 11) is -4.07. The molecule has 180 valence electrons. The van der Waals surface area contributed by atoms with Gasteiger partial charge in [-0.1, -0.05) is 6.07 Å². The lowest BCUT2D eigenvalue weighted by atomic mass is 9.96. The molecule has 1 amide bonds. The van der Waals surface area contributed by atoms with Gasteiger partial charge in [0.2, 0.25) is 15.9 Å². The minimum Gasteiger partial charge on any atom is -0.465 e. The van der Waals surface area contributed by atoms with Crippen LogP contribution in [-0.4, -0.2) is 68.1 Å². The smallest absolute Gasteiger partial charge is 0.465 e. The zero-order valence-electron chi connectivity index (χ0n) is 18.1. The summed E-state index contributed by atoms with van der Waals surface area (Å²) in [4.78, 5) is 25.8. The van der Waals surface area contributed by atoms with Crippen LogP contribution in [-0.2, 0) is 24.3 Å². The van der Waals surface area contributed by atoms with E-state index in [0.717, 1.165) is 16.4 Å². The molecule has 1 aromatic carbocycles. The molecule has 0 saturated carbocycles. The van der Waals surface area contributed by atoms with E-state index < -0.39 is 34.0 Å². The van der Waals surface area contributed by atoms with Gasteiger partial charge in [-0.25, -0.2) is 8.42 Å². The molecule has 0 bridgehead atoms. The Morgan fingerprint density at radius 1 is 1.22 bits per heavy atom. The number of hydrogen-bond acceptors (Lipinski definition) is 6.